The molecule has 0 atom stereocenters. The SMILES string of the molecule is O=S(=O)(O)O.O=S(=O)(O)O.c1ccc2c(c1)CC(N1CCCNCC1)C2. The minimum atomic E-state index is -4.67. The fourth-order valence-corrected chi connectivity index (χ4v) is 3.03. The lowest BCUT2D eigenvalue weighted by Gasteiger charge is -2.26. The number of nitrogens with zero attached hydrogens (tertiary/aromatic N) is 1. The van der Waals surface area contributed by atoms with E-state index >= 15 is 0 Å². The van der Waals surface area contributed by atoms with Gasteiger partial charge in [0.2, 0.25) is 0 Å². The zero-order chi connectivity index (χ0) is 19.8. The highest BCUT2D eigenvalue weighted by Crippen LogP contribution is 2.25. The summed E-state index contributed by atoms with van der Waals surface area (Å²) in [7, 11) is -9.33. The molecule has 150 valence electrons. The summed E-state index contributed by atoms with van der Waals surface area (Å²) in [5.74, 6) is 0. The summed E-state index contributed by atoms with van der Waals surface area (Å²) in [5, 5.41) is 3.48. The molecule has 1 aliphatic heterocycles. The van der Waals surface area contributed by atoms with Crippen LogP contribution < -0.4 is 5.32 Å². The van der Waals surface area contributed by atoms with Gasteiger partial charge in [0.25, 0.3) is 0 Å². The number of benzene rings is 1. The van der Waals surface area contributed by atoms with Gasteiger partial charge in [-0.3, -0.25) is 23.1 Å². The van der Waals surface area contributed by atoms with E-state index in [9.17, 15) is 0 Å². The third-order valence-corrected chi connectivity index (χ3v) is 3.92. The second-order valence-corrected chi connectivity index (χ2v) is 7.66. The minimum absolute atomic E-state index is 0.761. The van der Waals surface area contributed by atoms with E-state index in [4.69, 9.17) is 35.0 Å². The molecular formula is C14H24N2O8S2. The van der Waals surface area contributed by atoms with Crippen LogP contribution in [0.4, 0.5) is 0 Å². The van der Waals surface area contributed by atoms with Crippen molar-refractivity contribution >= 4 is 20.8 Å². The van der Waals surface area contributed by atoms with Crippen LogP contribution in [0, 0.1) is 0 Å². The molecule has 0 amide bonds. The Labute approximate surface area is 153 Å². The van der Waals surface area contributed by atoms with E-state index in [2.05, 4.69) is 34.5 Å². The molecule has 1 aliphatic carbocycles. The molecule has 1 aromatic carbocycles. The van der Waals surface area contributed by atoms with Gasteiger partial charge in [0.05, 0.1) is 0 Å². The zero-order valence-electron chi connectivity index (χ0n) is 14.0. The maximum Gasteiger partial charge on any atom is 0.394 e. The van der Waals surface area contributed by atoms with Crippen molar-refractivity contribution in [3.63, 3.8) is 0 Å². The highest BCUT2D eigenvalue weighted by molar-refractivity contribution is 7.80. The number of hydrogen-bond acceptors (Lipinski definition) is 6. The lowest BCUT2D eigenvalue weighted by atomic mass is 10.1. The van der Waals surface area contributed by atoms with E-state index in [0.29, 0.717) is 0 Å². The van der Waals surface area contributed by atoms with E-state index < -0.39 is 20.8 Å². The van der Waals surface area contributed by atoms with Crippen LogP contribution in [-0.4, -0.2) is 72.2 Å². The fourth-order valence-electron chi connectivity index (χ4n) is 3.03. The third-order valence-electron chi connectivity index (χ3n) is 3.92. The average Bonchev–Trinajstić information content (AvgIpc) is 2.70. The standard InChI is InChI=1S/C14H20N2.2H2O4S/c1-2-5-13-11-14(10-12(13)4-1)16-8-3-6-15-7-9-16;2*1-5(2,3)4/h1-2,4-5,14-15H,3,6-11H2;2*(H2,1,2,3,4). The highest BCUT2D eigenvalue weighted by atomic mass is 32.3. The van der Waals surface area contributed by atoms with Crippen molar-refractivity contribution in [3.8, 4) is 0 Å². The maximum atomic E-state index is 8.74. The number of hydrogen-bond donors (Lipinski definition) is 5. The fraction of sp³-hybridized carbons (Fsp3) is 0.571. The molecule has 0 unspecified atom stereocenters. The molecule has 1 heterocycles. The minimum Gasteiger partial charge on any atom is -0.315 e. The van der Waals surface area contributed by atoms with Gasteiger partial charge >= 0.3 is 20.8 Å². The highest BCUT2D eigenvalue weighted by Gasteiger charge is 2.26. The molecule has 5 N–H and O–H groups in total. The Morgan fingerprint density at radius 3 is 1.77 bits per heavy atom. The quantitative estimate of drug-likeness (QED) is 0.401. The Bertz CT molecular complexity index is 688. The molecule has 2 aliphatic rings. The normalized spacial score (nSPS) is 18.6. The van der Waals surface area contributed by atoms with Crippen LogP contribution in [0.3, 0.4) is 0 Å². The van der Waals surface area contributed by atoms with Gasteiger partial charge in [0.1, 0.15) is 0 Å². The Balaban J connectivity index is 0.000000284. The third kappa shape index (κ3) is 11.5. The van der Waals surface area contributed by atoms with Crippen LogP contribution in [0.5, 0.6) is 0 Å². The topological polar surface area (TPSA) is 164 Å². The van der Waals surface area contributed by atoms with E-state index in [1.165, 1.54) is 38.9 Å². The van der Waals surface area contributed by atoms with Crippen LogP contribution in [-0.2, 0) is 33.6 Å². The summed E-state index contributed by atoms with van der Waals surface area (Å²) in [6, 6.07) is 9.70. The summed E-state index contributed by atoms with van der Waals surface area (Å²) in [5.41, 5.74) is 3.15. The lowest BCUT2D eigenvalue weighted by molar-refractivity contribution is 0.215. The molecule has 0 spiro atoms. The number of rotatable bonds is 1. The van der Waals surface area contributed by atoms with E-state index in [1.807, 2.05) is 0 Å². The molecule has 1 aromatic rings. The molecule has 10 nitrogen and oxygen atoms in total. The Kier molecular flexibility index (Phi) is 9.06. The molecular weight excluding hydrogens is 388 g/mol. The summed E-state index contributed by atoms with van der Waals surface area (Å²) < 4.78 is 63.2. The smallest absolute Gasteiger partial charge is 0.315 e. The van der Waals surface area contributed by atoms with E-state index in [1.54, 1.807) is 11.1 Å². The van der Waals surface area contributed by atoms with Crippen molar-refractivity contribution in [2.24, 2.45) is 0 Å². The zero-order valence-corrected chi connectivity index (χ0v) is 15.7. The molecule has 1 saturated heterocycles. The van der Waals surface area contributed by atoms with Gasteiger partial charge in [-0.05, 0) is 43.5 Å². The van der Waals surface area contributed by atoms with Gasteiger partial charge in [-0.25, -0.2) is 0 Å². The Morgan fingerprint density at radius 2 is 1.31 bits per heavy atom. The van der Waals surface area contributed by atoms with Gasteiger partial charge < -0.3 is 5.32 Å². The van der Waals surface area contributed by atoms with Crippen molar-refractivity contribution in [1.82, 2.24) is 10.2 Å². The van der Waals surface area contributed by atoms with Gasteiger partial charge in [0.15, 0.2) is 0 Å². The van der Waals surface area contributed by atoms with E-state index in [-0.39, 0.29) is 0 Å². The van der Waals surface area contributed by atoms with Gasteiger partial charge in [-0.1, -0.05) is 24.3 Å². The molecule has 0 saturated carbocycles. The van der Waals surface area contributed by atoms with Gasteiger partial charge in [-0.15, -0.1) is 0 Å². The van der Waals surface area contributed by atoms with E-state index in [0.717, 1.165) is 12.6 Å². The van der Waals surface area contributed by atoms with Gasteiger partial charge in [-0.2, -0.15) is 16.8 Å². The van der Waals surface area contributed by atoms with Crippen LogP contribution in [0.1, 0.15) is 17.5 Å². The summed E-state index contributed by atoms with van der Waals surface area (Å²) in [6.07, 6.45) is 3.82. The molecule has 12 heteroatoms. The molecule has 3 rings (SSSR count). The largest absolute Gasteiger partial charge is 0.394 e. The molecule has 26 heavy (non-hydrogen) atoms. The first-order valence-corrected chi connectivity index (χ1v) is 10.6. The van der Waals surface area contributed by atoms with Crippen molar-refractivity contribution in [2.75, 3.05) is 26.2 Å². The van der Waals surface area contributed by atoms with Crippen molar-refractivity contribution in [1.29, 1.82) is 0 Å². The predicted molar refractivity (Wildman–Crippen MR) is 95.1 cm³/mol. The first kappa shape index (κ1) is 22.9. The van der Waals surface area contributed by atoms with Crippen LogP contribution in [0.15, 0.2) is 24.3 Å². The predicted octanol–water partition coefficient (Wildman–Crippen LogP) is 0.144. The van der Waals surface area contributed by atoms with Crippen LogP contribution in [0.2, 0.25) is 0 Å². The van der Waals surface area contributed by atoms with Crippen molar-refractivity contribution < 1.29 is 35.0 Å². The Hall–Kier alpha value is -1.12. The second-order valence-electron chi connectivity index (χ2n) is 5.87. The molecule has 0 bridgehead atoms. The van der Waals surface area contributed by atoms with Gasteiger partial charge in [0, 0.05) is 19.1 Å². The van der Waals surface area contributed by atoms with Crippen LogP contribution >= 0.6 is 0 Å². The molecule has 1 fully saturated rings. The first-order chi connectivity index (χ1) is 11.9. The Morgan fingerprint density at radius 1 is 0.846 bits per heavy atom. The molecule has 0 radical (unpaired) electrons. The van der Waals surface area contributed by atoms with Crippen molar-refractivity contribution in [2.45, 2.75) is 25.3 Å². The summed E-state index contributed by atoms with van der Waals surface area (Å²) >= 11 is 0. The van der Waals surface area contributed by atoms with Crippen molar-refractivity contribution in [3.05, 3.63) is 35.4 Å². The summed E-state index contributed by atoms with van der Waals surface area (Å²) in [6.45, 7) is 4.84. The maximum absolute atomic E-state index is 8.74. The summed E-state index contributed by atoms with van der Waals surface area (Å²) in [4.78, 5) is 2.68. The monoisotopic (exact) mass is 412 g/mol. The second kappa shape index (κ2) is 10.3. The van der Waals surface area contributed by atoms with Crippen LogP contribution in [0.25, 0.3) is 0 Å². The number of fused-ring (bicyclic) bond motifs is 1. The first-order valence-electron chi connectivity index (χ1n) is 7.85. The average molecular weight is 412 g/mol. The lowest BCUT2D eigenvalue weighted by Crippen LogP contribution is -2.38. The number of nitrogens with one attached hydrogen (secondary N) is 1. The molecule has 0 aromatic heterocycles.